The van der Waals surface area contributed by atoms with Crippen LogP contribution in [0.1, 0.15) is 33.6 Å². The molecule has 0 aliphatic heterocycles. The summed E-state index contributed by atoms with van der Waals surface area (Å²) >= 11 is 4.15. The van der Waals surface area contributed by atoms with Crippen molar-refractivity contribution in [1.29, 1.82) is 0 Å². The predicted molar refractivity (Wildman–Crippen MR) is 68.5 cm³/mol. The van der Waals surface area contributed by atoms with Crippen molar-refractivity contribution in [2.24, 2.45) is 0 Å². The van der Waals surface area contributed by atoms with Crippen LogP contribution in [-0.4, -0.2) is 34.4 Å². The fourth-order valence-corrected chi connectivity index (χ4v) is 4.40. The minimum Gasteiger partial charge on any atom is -0.374 e. The second-order valence-electron chi connectivity index (χ2n) is 3.22. The van der Waals surface area contributed by atoms with E-state index in [1.54, 1.807) is 0 Å². The molecule has 0 N–H and O–H groups in total. The molecule has 0 rings (SSSR count). The van der Waals surface area contributed by atoms with Crippen molar-refractivity contribution in [2.75, 3.05) is 25.6 Å². The number of thiol groups is 1. The third kappa shape index (κ3) is 6.58. The van der Waals surface area contributed by atoms with Gasteiger partial charge in [-0.2, -0.15) is 12.6 Å². The predicted octanol–water partition coefficient (Wildman–Crippen LogP) is 2.74. The highest BCUT2D eigenvalue weighted by atomic mass is 32.1. The summed E-state index contributed by atoms with van der Waals surface area (Å²) in [4.78, 5) is 0. The quantitative estimate of drug-likeness (QED) is 0.478. The van der Waals surface area contributed by atoms with Crippen LogP contribution in [0, 0.1) is 0 Å². The number of unbranched alkanes of at least 4 members (excludes halogenated alkanes) is 1. The summed E-state index contributed by atoms with van der Waals surface area (Å²) in [7, 11) is -2.39. The molecule has 0 fully saturated rings. The van der Waals surface area contributed by atoms with E-state index in [1.807, 2.05) is 13.8 Å². The maximum absolute atomic E-state index is 5.78. The van der Waals surface area contributed by atoms with Gasteiger partial charge in [-0.15, -0.1) is 0 Å². The summed E-state index contributed by atoms with van der Waals surface area (Å²) in [5, 5.41) is 0. The normalized spacial score (nSPS) is 12.0. The third-order valence-electron chi connectivity index (χ3n) is 1.98. The van der Waals surface area contributed by atoms with Gasteiger partial charge >= 0.3 is 8.80 Å². The van der Waals surface area contributed by atoms with E-state index in [-0.39, 0.29) is 0 Å². The molecule has 0 aromatic heterocycles. The molecule has 0 saturated heterocycles. The molecular weight excluding hydrogens is 228 g/mol. The summed E-state index contributed by atoms with van der Waals surface area (Å²) in [6.07, 6.45) is 2.23. The van der Waals surface area contributed by atoms with Crippen molar-refractivity contribution in [3.05, 3.63) is 0 Å². The van der Waals surface area contributed by atoms with Gasteiger partial charge in [-0.25, -0.2) is 0 Å². The van der Waals surface area contributed by atoms with Crippen LogP contribution >= 0.6 is 12.6 Å². The summed E-state index contributed by atoms with van der Waals surface area (Å²) < 4.78 is 17.2. The Balaban J connectivity index is 4.26. The van der Waals surface area contributed by atoms with E-state index in [9.17, 15) is 0 Å². The van der Waals surface area contributed by atoms with Crippen LogP contribution in [0.2, 0.25) is 6.04 Å². The first-order valence-corrected chi connectivity index (χ1v) is 8.33. The monoisotopic (exact) mass is 252 g/mol. The van der Waals surface area contributed by atoms with E-state index in [2.05, 4.69) is 19.6 Å². The van der Waals surface area contributed by atoms with Crippen molar-refractivity contribution in [1.82, 2.24) is 0 Å². The molecule has 15 heavy (non-hydrogen) atoms. The summed E-state index contributed by atoms with van der Waals surface area (Å²) in [5.74, 6) is 0.709. The van der Waals surface area contributed by atoms with E-state index in [4.69, 9.17) is 13.3 Å². The average molecular weight is 252 g/mol. The highest BCUT2D eigenvalue weighted by Gasteiger charge is 2.39. The molecular formula is C10H24O3SSi. The average Bonchev–Trinajstić information content (AvgIpc) is 2.24. The fourth-order valence-electron chi connectivity index (χ4n) is 1.38. The van der Waals surface area contributed by atoms with Gasteiger partial charge in [0.2, 0.25) is 0 Å². The smallest absolute Gasteiger partial charge is 0.374 e. The molecule has 0 aliphatic carbocycles. The maximum Gasteiger partial charge on any atom is 0.500 e. The molecule has 0 aromatic rings. The van der Waals surface area contributed by atoms with E-state index in [0.717, 1.165) is 18.9 Å². The highest BCUT2D eigenvalue weighted by Crippen LogP contribution is 2.19. The van der Waals surface area contributed by atoms with Gasteiger partial charge in [0.25, 0.3) is 0 Å². The van der Waals surface area contributed by atoms with Gasteiger partial charge in [0.05, 0.1) is 0 Å². The van der Waals surface area contributed by atoms with Crippen LogP contribution in [0.15, 0.2) is 0 Å². The summed E-state index contributed by atoms with van der Waals surface area (Å²) in [6.45, 7) is 8.05. The molecule has 0 atom stereocenters. The molecule has 0 spiro atoms. The van der Waals surface area contributed by atoms with Gasteiger partial charge in [0.15, 0.2) is 0 Å². The van der Waals surface area contributed by atoms with Gasteiger partial charge < -0.3 is 13.3 Å². The lowest BCUT2D eigenvalue weighted by Crippen LogP contribution is -2.46. The zero-order valence-corrected chi connectivity index (χ0v) is 12.0. The minimum atomic E-state index is -2.39. The standard InChI is InChI=1S/C10H24O3SSi/c1-4-7-10-15(11-5-2,12-6-3)13-8-9-14/h14H,4-10H2,1-3H3. The molecule has 0 radical (unpaired) electrons. The van der Waals surface area contributed by atoms with Gasteiger partial charge in [0, 0.05) is 31.6 Å². The zero-order valence-electron chi connectivity index (χ0n) is 10.1. The van der Waals surface area contributed by atoms with Gasteiger partial charge in [-0.05, 0) is 20.3 Å². The number of hydrogen-bond acceptors (Lipinski definition) is 4. The molecule has 0 aliphatic rings. The molecule has 0 unspecified atom stereocenters. The molecule has 0 bridgehead atoms. The lowest BCUT2D eigenvalue weighted by Gasteiger charge is -2.28. The first-order chi connectivity index (χ1) is 7.24. The van der Waals surface area contributed by atoms with Crippen LogP contribution in [0.3, 0.4) is 0 Å². The van der Waals surface area contributed by atoms with Crippen molar-refractivity contribution >= 4 is 21.4 Å². The number of rotatable bonds is 10. The largest absolute Gasteiger partial charge is 0.500 e. The zero-order chi connectivity index (χ0) is 11.6. The first kappa shape index (κ1) is 15.4. The van der Waals surface area contributed by atoms with Crippen molar-refractivity contribution in [2.45, 2.75) is 39.7 Å². The summed E-state index contributed by atoms with van der Waals surface area (Å²) in [6, 6.07) is 0.916. The van der Waals surface area contributed by atoms with E-state index in [0.29, 0.717) is 25.6 Å². The fraction of sp³-hybridized carbons (Fsp3) is 1.00. The van der Waals surface area contributed by atoms with Crippen molar-refractivity contribution < 1.29 is 13.3 Å². The Labute approximate surface area is 100 Å². The van der Waals surface area contributed by atoms with E-state index >= 15 is 0 Å². The van der Waals surface area contributed by atoms with Gasteiger partial charge in [0.1, 0.15) is 0 Å². The maximum atomic E-state index is 5.78. The van der Waals surface area contributed by atoms with Crippen LogP contribution < -0.4 is 0 Å². The highest BCUT2D eigenvalue weighted by molar-refractivity contribution is 7.80. The topological polar surface area (TPSA) is 27.7 Å². The Kier molecular flexibility index (Phi) is 9.94. The first-order valence-electron chi connectivity index (χ1n) is 5.77. The molecule has 92 valence electrons. The number of hydrogen-bond donors (Lipinski definition) is 1. The Morgan fingerprint density at radius 3 is 2.00 bits per heavy atom. The molecule has 0 amide bonds. The minimum absolute atomic E-state index is 0.610. The third-order valence-corrected chi connectivity index (χ3v) is 5.23. The second-order valence-corrected chi connectivity index (χ2v) is 6.40. The SMILES string of the molecule is CCCC[Si](OCC)(OCC)OCCS. The van der Waals surface area contributed by atoms with Gasteiger partial charge in [-0.3, -0.25) is 0 Å². The van der Waals surface area contributed by atoms with Crippen LogP contribution in [-0.2, 0) is 13.3 Å². The Bertz CT molecular complexity index is 131. The van der Waals surface area contributed by atoms with Crippen LogP contribution in [0.5, 0.6) is 0 Å². The summed E-state index contributed by atoms with van der Waals surface area (Å²) in [5.41, 5.74) is 0. The van der Waals surface area contributed by atoms with Crippen molar-refractivity contribution in [3.8, 4) is 0 Å². The Morgan fingerprint density at radius 1 is 1.00 bits per heavy atom. The molecule has 3 nitrogen and oxygen atoms in total. The molecule has 5 heteroatoms. The Hall–Kier alpha value is 0.447. The Morgan fingerprint density at radius 2 is 1.60 bits per heavy atom. The lowest BCUT2D eigenvalue weighted by atomic mass is 10.4. The van der Waals surface area contributed by atoms with E-state index < -0.39 is 8.80 Å². The van der Waals surface area contributed by atoms with Gasteiger partial charge in [-0.1, -0.05) is 13.3 Å². The van der Waals surface area contributed by atoms with Crippen LogP contribution in [0.4, 0.5) is 0 Å². The molecule has 0 heterocycles. The van der Waals surface area contributed by atoms with E-state index in [1.165, 1.54) is 0 Å². The molecule has 0 aromatic carbocycles. The lowest BCUT2D eigenvalue weighted by molar-refractivity contribution is 0.0716. The molecule has 0 saturated carbocycles. The van der Waals surface area contributed by atoms with Crippen molar-refractivity contribution in [3.63, 3.8) is 0 Å². The van der Waals surface area contributed by atoms with Crippen LogP contribution in [0.25, 0.3) is 0 Å². The second kappa shape index (κ2) is 9.66.